The fourth-order valence-electron chi connectivity index (χ4n) is 4.09. The topological polar surface area (TPSA) is 57.2 Å². The first-order valence-corrected chi connectivity index (χ1v) is 9.73. The molecule has 1 saturated heterocycles. The lowest BCUT2D eigenvalue weighted by Crippen LogP contribution is -2.36. The highest BCUT2D eigenvalue weighted by Crippen LogP contribution is 2.37. The third-order valence-corrected chi connectivity index (χ3v) is 5.68. The zero-order valence-corrected chi connectivity index (χ0v) is 16.3. The molecule has 3 rings (SSSR count). The summed E-state index contributed by atoms with van der Waals surface area (Å²) in [5.74, 6) is 2.54. The molecule has 1 aromatic rings. The van der Waals surface area contributed by atoms with Gasteiger partial charge in [0.25, 0.3) is 0 Å². The Balaban J connectivity index is 1.54. The van der Waals surface area contributed by atoms with Crippen molar-refractivity contribution in [3.8, 4) is 11.5 Å². The van der Waals surface area contributed by atoms with Gasteiger partial charge in [-0.3, -0.25) is 0 Å². The highest BCUT2D eigenvalue weighted by Gasteiger charge is 2.34. The first-order valence-electron chi connectivity index (χ1n) is 9.73. The minimum atomic E-state index is -0.440. The summed E-state index contributed by atoms with van der Waals surface area (Å²) in [6, 6.07) is 5.14. The van der Waals surface area contributed by atoms with Crippen LogP contribution in [-0.4, -0.2) is 37.6 Å². The van der Waals surface area contributed by atoms with Crippen LogP contribution in [0.15, 0.2) is 18.2 Å². The lowest BCUT2D eigenvalue weighted by molar-refractivity contribution is -0.0993. The van der Waals surface area contributed by atoms with Gasteiger partial charge in [0.1, 0.15) is 6.10 Å². The molecule has 1 aliphatic carbocycles. The Morgan fingerprint density at radius 1 is 1.27 bits per heavy atom. The first-order chi connectivity index (χ1) is 12.5. The number of phenols is 1. The van der Waals surface area contributed by atoms with Crippen molar-refractivity contribution in [2.45, 2.75) is 58.5 Å². The molecule has 1 N–H and O–H groups in total. The van der Waals surface area contributed by atoms with Gasteiger partial charge in [-0.05, 0) is 42.7 Å². The Bertz CT molecular complexity index is 588. The number of benzene rings is 1. The van der Waals surface area contributed by atoms with Gasteiger partial charge in [0, 0.05) is 5.56 Å². The van der Waals surface area contributed by atoms with Crippen molar-refractivity contribution in [3.05, 3.63) is 23.8 Å². The Labute approximate surface area is 156 Å². The molecule has 0 aromatic heterocycles. The van der Waals surface area contributed by atoms with Crippen molar-refractivity contribution in [3.63, 3.8) is 0 Å². The molecule has 1 aromatic carbocycles. The third-order valence-electron chi connectivity index (χ3n) is 5.68. The average molecular weight is 364 g/mol. The van der Waals surface area contributed by atoms with Gasteiger partial charge in [-0.15, -0.1) is 0 Å². The number of methoxy groups -OCH3 is 1. The van der Waals surface area contributed by atoms with Crippen LogP contribution in [0.25, 0.3) is 0 Å². The molecule has 1 aliphatic heterocycles. The van der Waals surface area contributed by atoms with Crippen LogP contribution in [-0.2, 0) is 14.2 Å². The molecule has 1 heterocycles. The zero-order chi connectivity index (χ0) is 18.7. The summed E-state index contributed by atoms with van der Waals surface area (Å²) < 4.78 is 23.2. The van der Waals surface area contributed by atoms with Crippen molar-refractivity contribution >= 4 is 0 Å². The highest BCUT2D eigenvalue weighted by atomic mass is 16.7. The molecule has 5 unspecified atom stereocenters. The Hall–Kier alpha value is -1.30. The maximum absolute atomic E-state index is 9.72. The second-order valence-corrected chi connectivity index (χ2v) is 8.05. The number of rotatable bonds is 6. The summed E-state index contributed by atoms with van der Waals surface area (Å²) >= 11 is 0. The molecular weight excluding hydrogens is 332 g/mol. The molecule has 5 nitrogen and oxygen atoms in total. The summed E-state index contributed by atoms with van der Waals surface area (Å²) in [5, 5.41) is 9.72. The molecule has 0 radical (unpaired) electrons. The van der Waals surface area contributed by atoms with E-state index >= 15 is 0 Å². The van der Waals surface area contributed by atoms with Crippen LogP contribution >= 0.6 is 0 Å². The van der Waals surface area contributed by atoms with Crippen LogP contribution in [0, 0.1) is 17.8 Å². The third kappa shape index (κ3) is 4.51. The predicted molar refractivity (Wildman–Crippen MR) is 99.3 cm³/mol. The number of phenolic OH excluding ortho intramolecular Hbond substituents is 1. The van der Waals surface area contributed by atoms with E-state index in [1.54, 1.807) is 18.2 Å². The predicted octanol–water partition coefficient (Wildman–Crippen LogP) is 4.29. The molecule has 1 saturated carbocycles. The van der Waals surface area contributed by atoms with Crippen LogP contribution in [0.5, 0.6) is 11.5 Å². The molecule has 0 amide bonds. The molecule has 5 heteroatoms. The summed E-state index contributed by atoms with van der Waals surface area (Å²) in [7, 11) is 1.53. The van der Waals surface area contributed by atoms with Crippen LogP contribution in [0.1, 0.15) is 51.9 Å². The second kappa shape index (κ2) is 8.59. The van der Waals surface area contributed by atoms with Gasteiger partial charge in [0.05, 0.1) is 26.4 Å². The smallest absolute Gasteiger partial charge is 0.184 e. The summed E-state index contributed by atoms with van der Waals surface area (Å²) in [4.78, 5) is 0. The number of ether oxygens (including phenoxy) is 4. The fraction of sp³-hybridized carbons (Fsp3) is 0.714. The molecule has 2 aliphatic rings. The minimum absolute atomic E-state index is 0.0650. The molecule has 26 heavy (non-hydrogen) atoms. The molecule has 5 atom stereocenters. The number of hydrogen-bond acceptors (Lipinski definition) is 5. The van der Waals surface area contributed by atoms with Gasteiger partial charge in [0.15, 0.2) is 17.8 Å². The van der Waals surface area contributed by atoms with Crippen LogP contribution in [0.3, 0.4) is 0 Å². The first kappa shape index (κ1) is 19.5. The lowest BCUT2D eigenvalue weighted by atomic mass is 9.75. The Morgan fingerprint density at radius 3 is 2.81 bits per heavy atom. The van der Waals surface area contributed by atoms with E-state index in [1.807, 2.05) is 0 Å². The van der Waals surface area contributed by atoms with E-state index in [2.05, 4.69) is 20.8 Å². The maximum atomic E-state index is 9.72. The van der Waals surface area contributed by atoms with Crippen molar-refractivity contribution in [1.82, 2.24) is 0 Å². The summed E-state index contributed by atoms with van der Waals surface area (Å²) in [6.07, 6.45) is 3.50. The van der Waals surface area contributed by atoms with Gasteiger partial charge in [-0.25, -0.2) is 0 Å². The van der Waals surface area contributed by atoms with Gasteiger partial charge in [-0.1, -0.05) is 33.3 Å². The SMILES string of the molecule is COc1cc(C2OCC(COC3CC(C)CCC3C(C)C)O2)ccc1O. The monoisotopic (exact) mass is 364 g/mol. The maximum Gasteiger partial charge on any atom is 0.184 e. The Morgan fingerprint density at radius 2 is 2.08 bits per heavy atom. The zero-order valence-electron chi connectivity index (χ0n) is 16.3. The van der Waals surface area contributed by atoms with E-state index in [0.29, 0.717) is 36.9 Å². The van der Waals surface area contributed by atoms with E-state index < -0.39 is 6.29 Å². The van der Waals surface area contributed by atoms with E-state index in [9.17, 15) is 5.11 Å². The van der Waals surface area contributed by atoms with E-state index in [1.165, 1.54) is 20.0 Å². The fourth-order valence-corrected chi connectivity index (χ4v) is 4.09. The standard InChI is InChI=1S/C21H32O5/c1-13(2)17-7-5-14(3)9-19(17)24-11-16-12-25-21(26-16)15-6-8-18(22)20(10-15)23-4/h6,8,10,13-14,16-17,19,21-22H,5,7,9,11-12H2,1-4H3. The molecule has 146 valence electrons. The van der Waals surface area contributed by atoms with Crippen LogP contribution in [0.4, 0.5) is 0 Å². The van der Waals surface area contributed by atoms with Crippen molar-refractivity contribution < 1.29 is 24.1 Å². The van der Waals surface area contributed by atoms with E-state index in [4.69, 9.17) is 18.9 Å². The van der Waals surface area contributed by atoms with Crippen molar-refractivity contribution in [1.29, 1.82) is 0 Å². The van der Waals surface area contributed by atoms with E-state index in [-0.39, 0.29) is 11.9 Å². The molecule has 0 spiro atoms. The van der Waals surface area contributed by atoms with Crippen LogP contribution < -0.4 is 4.74 Å². The molecular formula is C21H32O5. The van der Waals surface area contributed by atoms with E-state index in [0.717, 1.165) is 17.9 Å². The number of hydrogen-bond donors (Lipinski definition) is 1. The van der Waals surface area contributed by atoms with Crippen molar-refractivity contribution in [2.75, 3.05) is 20.3 Å². The molecule has 2 fully saturated rings. The van der Waals surface area contributed by atoms with Gasteiger partial charge >= 0.3 is 0 Å². The van der Waals surface area contributed by atoms with Gasteiger partial charge < -0.3 is 24.1 Å². The summed E-state index contributed by atoms with van der Waals surface area (Å²) in [6.45, 7) is 7.98. The number of aromatic hydroxyl groups is 1. The summed E-state index contributed by atoms with van der Waals surface area (Å²) in [5.41, 5.74) is 0.841. The second-order valence-electron chi connectivity index (χ2n) is 8.05. The average Bonchev–Trinajstić information content (AvgIpc) is 3.09. The minimum Gasteiger partial charge on any atom is -0.504 e. The Kier molecular flexibility index (Phi) is 6.43. The van der Waals surface area contributed by atoms with Crippen molar-refractivity contribution in [2.24, 2.45) is 17.8 Å². The van der Waals surface area contributed by atoms with Gasteiger partial charge in [0.2, 0.25) is 0 Å². The normalized spacial score (nSPS) is 32.1. The highest BCUT2D eigenvalue weighted by molar-refractivity contribution is 5.42. The van der Waals surface area contributed by atoms with Crippen LogP contribution in [0.2, 0.25) is 0 Å². The quantitative estimate of drug-likeness (QED) is 0.816. The largest absolute Gasteiger partial charge is 0.504 e. The molecule has 0 bridgehead atoms. The lowest BCUT2D eigenvalue weighted by Gasteiger charge is -2.37. The van der Waals surface area contributed by atoms with Gasteiger partial charge in [-0.2, -0.15) is 0 Å².